The minimum atomic E-state index is -1.07. The first-order valence-corrected chi connectivity index (χ1v) is 6.66. The second-order valence-electron chi connectivity index (χ2n) is 4.92. The molecule has 0 aliphatic carbocycles. The van der Waals surface area contributed by atoms with Crippen molar-refractivity contribution in [3.8, 4) is 0 Å². The van der Waals surface area contributed by atoms with Gasteiger partial charge in [-0.15, -0.1) is 0 Å². The molecule has 0 amide bonds. The Hall–Kier alpha value is -3.33. The first-order chi connectivity index (χ1) is 10.9. The van der Waals surface area contributed by atoms with Crippen LogP contribution in [0.3, 0.4) is 0 Å². The van der Waals surface area contributed by atoms with Crippen LogP contribution >= 0.6 is 0 Å². The van der Waals surface area contributed by atoms with E-state index in [9.17, 15) is 9.59 Å². The maximum atomic E-state index is 12.3. The molecule has 1 heterocycles. The molecular weight excluding hydrogens is 296 g/mol. The quantitative estimate of drug-likeness (QED) is 0.521. The van der Waals surface area contributed by atoms with Gasteiger partial charge in [0.15, 0.2) is 11.7 Å². The highest BCUT2D eigenvalue weighted by atomic mass is 16.4. The number of hydrogen-bond donors (Lipinski definition) is 1. The van der Waals surface area contributed by atoms with Crippen molar-refractivity contribution in [2.75, 3.05) is 19.0 Å². The van der Waals surface area contributed by atoms with Crippen molar-refractivity contribution >= 4 is 23.7 Å². The Morgan fingerprint density at radius 1 is 1.13 bits per heavy atom. The molecule has 116 valence electrons. The summed E-state index contributed by atoms with van der Waals surface area (Å²) < 4.78 is 5.49. The molecule has 1 N–H and O–H groups in total. The van der Waals surface area contributed by atoms with Crippen LogP contribution in [-0.2, 0) is 0 Å². The summed E-state index contributed by atoms with van der Waals surface area (Å²) in [5.74, 6) is -0.550. The predicted molar refractivity (Wildman–Crippen MR) is 85.3 cm³/mol. The van der Waals surface area contributed by atoms with E-state index in [1.54, 1.807) is 17.0 Å². The second-order valence-corrected chi connectivity index (χ2v) is 4.92. The van der Waals surface area contributed by atoms with Gasteiger partial charge in [0, 0.05) is 25.7 Å². The topological polar surface area (TPSA) is 75.1 Å². The molecule has 0 atom stereocenters. The number of anilines is 1. The molecule has 0 aliphatic heterocycles. The van der Waals surface area contributed by atoms with Gasteiger partial charge in [0.05, 0.1) is 12.1 Å². The van der Waals surface area contributed by atoms with E-state index < -0.39 is 11.8 Å². The van der Waals surface area contributed by atoms with Gasteiger partial charge in [-0.3, -0.25) is 0 Å². The van der Waals surface area contributed by atoms with Crippen molar-refractivity contribution in [3.05, 3.63) is 70.4 Å². The normalized spacial score (nSPS) is 10.9. The smallest absolute Gasteiger partial charge is 0.335 e. The summed E-state index contributed by atoms with van der Waals surface area (Å²) in [4.78, 5) is 28.1. The summed E-state index contributed by atoms with van der Waals surface area (Å²) >= 11 is 0. The van der Waals surface area contributed by atoms with Crippen LogP contribution in [0.25, 0.3) is 10.9 Å². The number of aromatic carboxylic acids is 1. The number of allylic oxidation sites excluding steroid dienone is 1. The number of Topliss-reactive ketones (excluding diaryl/α,β-unsaturated/α-hetero) is 1. The SMILES string of the molecule is [C-]#[N+]/C(=C\c1ccc(N(C)C)o1)C(=O)c1ccc(C(=O)O)cc1. The molecule has 0 bridgehead atoms. The van der Waals surface area contributed by atoms with Crippen molar-refractivity contribution < 1.29 is 19.1 Å². The lowest BCUT2D eigenvalue weighted by Crippen LogP contribution is -2.06. The fraction of sp³-hybridized carbons (Fsp3) is 0.118. The summed E-state index contributed by atoms with van der Waals surface area (Å²) in [6.07, 6.45) is 1.37. The predicted octanol–water partition coefficient (Wildman–Crippen LogP) is 3.19. The highest BCUT2D eigenvalue weighted by Gasteiger charge is 2.15. The first-order valence-electron chi connectivity index (χ1n) is 6.66. The summed E-state index contributed by atoms with van der Waals surface area (Å²) in [5.41, 5.74) is 0.223. The number of furan rings is 1. The van der Waals surface area contributed by atoms with Gasteiger partial charge in [0.2, 0.25) is 5.70 Å². The fourth-order valence-electron chi connectivity index (χ4n) is 1.86. The largest absolute Gasteiger partial charge is 0.478 e. The van der Waals surface area contributed by atoms with Crippen LogP contribution in [0.2, 0.25) is 0 Å². The van der Waals surface area contributed by atoms with E-state index >= 15 is 0 Å². The van der Waals surface area contributed by atoms with Gasteiger partial charge >= 0.3 is 5.97 Å². The Bertz CT molecular complexity index is 808. The van der Waals surface area contributed by atoms with E-state index in [0.29, 0.717) is 11.6 Å². The van der Waals surface area contributed by atoms with Crippen LogP contribution in [0, 0.1) is 6.57 Å². The number of ketones is 1. The standard InChI is InChI=1S/C17H14N2O4/c1-18-14(10-13-8-9-15(23-13)19(2)3)16(20)11-4-6-12(7-5-11)17(21)22/h4-10H,2-3H3,(H,21,22)/b14-10-. The van der Waals surface area contributed by atoms with Crippen LogP contribution in [0.5, 0.6) is 0 Å². The molecule has 0 unspecified atom stereocenters. The molecule has 0 spiro atoms. The molecule has 0 saturated carbocycles. The Morgan fingerprint density at radius 2 is 1.74 bits per heavy atom. The zero-order valence-corrected chi connectivity index (χ0v) is 12.6. The lowest BCUT2D eigenvalue weighted by Gasteiger charge is -2.06. The number of carbonyl (C=O) groups is 2. The van der Waals surface area contributed by atoms with E-state index in [4.69, 9.17) is 16.1 Å². The fourth-order valence-corrected chi connectivity index (χ4v) is 1.86. The zero-order valence-electron chi connectivity index (χ0n) is 12.6. The number of carboxylic acids is 1. The van der Waals surface area contributed by atoms with Crippen LogP contribution in [0.15, 0.2) is 46.5 Å². The van der Waals surface area contributed by atoms with Gasteiger partial charge in [-0.1, -0.05) is 12.1 Å². The second kappa shape index (κ2) is 6.62. The number of benzene rings is 1. The van der Waals surface area contributed by atoms with Crippen molar-refractivity contribution in [2.24, 2.45) is 0 Å². The first kappa shape index (κ1) is 16.0. The van der Waals surface area contributed by atoms with Crippen molar-refractivity contribution in [1.29, 1.82) is 0 Å². The summed E-state index contributed by atoms with van der Waals surface area (Å²) in [6, 6.07) is 8.83. The van der Waals surface area contributed by atoms with Crippen molar-refractivity contribution in [2.45, 2.75) is 0 Å². The maximum absolute atomic E-state index is 12.3. The third kappa shape index (κ3) is 3.66. The monoisotopic (exact) mass is 310 g/mol. The van der Waals surface area contributed by atoms with Gasteiger partial charge in [-0.05, 0) is 24.3 Å². The minimum Gasteiger partial charge on any atom is -0.478 e. The van der Waals surface area contributed by atoms with Crippen LogP contribution < -0.4 is 4.90 Å². The van der Waals surface area contributed by atoms with E-state index in [1.807, 2.05) is 14.1 Å². The molecule has 2 aromatic rings. The lowest BCUT2D eigenvalue weighted by atomic mass is 10.1. The molecule has 1 aromatic heterocycles. The summed E-state index contributed by atoms with van der Waals surface area (Å²) in [5, 5.41) is 8.85. The Balaban J connectivity index is 2.28. The number of nitrogens with zero attached hydrogens (tertiary/aromatic N) is 2. The Morgan fingerprint density at radius 3 is 2.22 bits per heavy atom. The number of carboxylic acid groups (broad SMARTS) is 1. The summed E-state index contributed by atoms with van der Waals surface area (Å²) in [7, 11) is 3.63. The number of carbonyl (C=O) groups excluding carboxylic acids is 1. The molecule has 6 nitrogen and oxygen atoms in total. The van der Waals surface area contributed by atoms with E-state index in [2.05, 4.69) is 4.85 Å². The summed E-state index contributed by atoms with van der Waals surface area (Å²) in [6.45, 7) is 7.18. The van der Waals surface area contributed by atoms with Gasteiger partial charge in [-0.25, -0.2) is 9.64 Å². The lowest BCUT2D eigenvalue weighted by molar-refractivity contribution is 0.0696. The Kier molecular flexibility index (Phi) is 4.62. The molecule has 0 saturated heterocycles. The Labute approximate surface area is 133 Å². The van der Waals surface area contributed by atoms with Crippen LogP contribution in [-0.4, -0.2) is 31.0 Å². The number of rotatable bonds is 5. The van der Waals surface area contributed by atoms with Gasteiger partial charge in [0.1, 0.15) is 5.76 Å². The van der Waals surface area contributed by atoms with Crippen LogP contribution in [0.1, 0.15) is 26.5 Å². The molecule has 0 radical (unpaired) electrons. The van der Waals surface area contributed by atoms with Gasteiger partial charge in [0.25, 0.3) is 0 Å². The molecular formula is C17H14N2O4. The average molecular weight is 310 g/mol. The number of hydrogen-bond acceptors (Lipinski definition) is 4. The van der Waals surface area contributed by atoms with E-state index in [1.165, 1.54) is 30.3 Å². The highest BCUT2D eigenvalue weighted by molar-refractivity contribution is 6.12. The third-order valence-corrected chi connectivity index (χ3v) is 3.08. The molecule has 0 aliphatic rings. The zero-order chi connectivity index (χ0) is 17.0. The molecule has 6 heteroatoms. The van der Waals surface area contributed by atoms with Crippen molar-refractivity contribution in [3.63, 3.8) is 0 Å². The van der Waals surface area contributed by atoms with Crippen LogP contribution in [0.4, 0.5) is 5.88 Å². The molecule has 2 rings (SSSR count). The van der Waals surface area contributed by atoms with Gasteiger partial charge < -0.3 is 19.2 Å². The molecule has 23 heavy (non-hydrogen) atoms. The third-order valence-electron chi connectivity index (χ3n) is 3.08. The average Bonchev–Trinajstić information content (AvgIpc) is 3.01. The van der Waals surface area contributed by atoms with Gasteiger partial charge in [-0.2, -0.15) is 0 Å². The molecule has 1 aromatic carbocycles. The minimum absolute atomic E-state index is 0.0801. The molecule has 0 fully saturated rings. The van der Waals surface area contributed by atoms with E-state index in [-0.39, 0.29) is 16.8 Å². The maximum Gasteiger partial charge on any atom is 0.335 e. The van der Waals surface area contributed by atoms with Crippen molar-refractivity contribution in [1.82, 2.24) is 0 Å². The van der Waals surface area contributed by atoms with E-state index in [0.717, 1.165) is 0 Å². The highest BCUT2D eigenvalue weighted by Crippen LogP contribution is 2.20.